The lowest BCUT2D eigenvalue weighted by molar-refractivity contribution is -0.137. The molecule has 2 atom stereocenters. The molecule has 4 aliphatic heterocycles. The summed E-state index contributed by atoms with van der Waals surface area (Å²) in [5.41, 5.74) is 6.58. The number of carbonyl (C=O) groups is 3. The maximum atomic E-state index is 15.4. The summed E-state index contributed by atoms with van der Waals surface area (Å²) in [5.74, 6) is -2.46. The zero-order chi connectivity index (χ0) is 50.6. The van der Waals surface area contributed by atoms with Gasteiger partial charge in [-0.2, -0.15) is 10.1 Å². The Kier molecular flexibility index (Phi) is 13.9. The van der Waals surface area contributed by atoms with Crippen LogP contribution in [0.15, 0.2) is 59.5 Å². The van der Waals surface area contributed by atoms with Crippen LogP contribution in [0.4, 0.5) is 43.3 Å². The third-order valence-corrected chi connectivity index (χ3v) is 17.2. The number of imide groups is 1. The van der Waals surface area contributed by atoms with Gasteiger partial charge < -0.3 is 34.6 Å². The van der Waals surface area contributed by atoms with E-state index in [1.165, 1.54) is 12.1 Å². The van der Waals surface area contributed by atoms with E-state index in [2.05, 4.69) is 63.9 Å². The van der Waals surface area contributed by atoms with Crippen molar-refractivity contribution in [1.29, 1.82) is 0 Å². The minimum atomic E-state index is -2.65. The van der Waals surface area contributed by atoms with Gasteiger partial charge >= 0.3 is 0 Å². The number of piperazine rings is 1. The Morgan fingerprint density at radius 1 is 0.875 bits per heavy atom. The zero-order valence-corrected chi connectivity index (χ0v) is 43.8. The number of halogens is 3. The van der Waals surface area contributed by atoms with Crippen LogP contribution in [0.2, 0.25) is 0 Å². The standard InChI is InChI=1S/C52H61BrF2N11O5P/c1-30-6-10-42(48(31(30)2)72(4,5)70)58-49-39(53)27-56-52(61-49)59-43-24-38(33-26-57-62(3)28-33)44(25-45(43)71-36-7-8-36)64-16-13-34(14-17-64)63-18-20-65(21-19-63)51(69)32-12-15-66(29-32)35-22-40(54)47(41(55)23-35)37-9-11-46(67)60-50(37)68/h6,10,22-28,32,34,36-37H,7-9,11-21,29H2,1-5H3,(H,60,67,68)(H2,56,58,59,61)/t32-,37-/m1/s1. The van der Waals surface area contributed by atoms with Crippen molar-refractivity contribution in [2.24, 2.45) is 13.0 Å². The Bertz CT molecular complexity index is 2960. The molecule has 6 heterocycles. The van der Waals surface area contributed by atoms with Crippen LogP contribution in [0.1, 0.15) is 67.6 Å². The Balaban J connectivity index is 0.794. The molecule has 0 radical (unpaired) electrons. The molecular formula is C52H61BrF2N11O5P. The van der Waals surface area contributed by atoms with Gasteiger partial charge in [-0.3, -0.25) is 29.3 Å². The smallest absolute Gasteiger partial charge is 0.234 e. The highest BCUT2D eigenvalue weighted by Crippen LogP contribution is 2.45. The normalized spacial score (nSPS) is 20.2. The predicted octanol–water partition coefficient (Wildman–Crippen LogP) is 7.97. The van der Waals surface area contributed by atoms with Gasteiger partial charge in [0.1, 0.15) is 30.3 Å². The Labute approximate surface area is 426 Å². The zero-order valence-electron chi connectivity index (χ0n) is 41.3. The number of aryl methyl sites for hydroxylation is 2. The molecule has 5 fully saturated rings. The number of anilines is 6. The summed E-state index contributed by atoms with van der Waals surface area (Å²) in [6, 6.07) is 11.1. The number of piperidine rings is 2. The van der Waals surface area contributed by atoms with Crippen molar-refractivity contribution in [2.45, 2.75) is 76.9 Å². The van der Waals surface area contributed by atoms with Gasteiger partial charge in [0.2, 0.25) is 23.7 Å². The molecule has 380 valence electrons. The van der Waals surface area contributed by atoms with Crippen molar-refractivity contribution < 1.29 is 32.5 Å². The second kappa shape index (κ2) is 20.2. The van der Waals surface area contributed by atoms with Crippen molar-refractivity contribution >= 4 is 80.6 Å². The molecule has 3 aromatic carbocycles. The molecular weight excluding hydrogens is 1010 g/mol. The lowest BCUT2D eigenvalue weighted by Gasteiger charge is -2.44. The topological polar surface area (TPSA) is 170 Å². The second-order valence-electron chi connectivity index (χ2n) is 20.3. The number of nitrogens with zero attached hydrogens (tertiary/aromatic N) is 8. The van der Waals surface area contributed by atoms with E-state index < -0.39 is 36.5 Å². The first-order valence-electron chi connectivity index (χ1n) is 24.9. The Morgan fingerprint density at radius 2 is 1.60 bits per heavy atom. The number of hydrogen-bond acceptors (Lipinski definition) is 13. The van der Waals surface area contributed by atoms with Crippen molar-refractivity contribution in [2.75, 3.05) is 86.1 Å². The van der Waals surface area contributed by atoms with Crippen molar-refractivity contribution in [3.8, 4) is 16.9 Å². The summed E-state index contributed by atoms with van der Waals surface area (Å²) < 4.78 is 53.3. The SMILES string of the molecule is Cc1ccc(Nc2nc(Nc3cc(-c4cnn(C)c4)c(N4CCC(N5CCN(C(=O)[C@@H]6CCN(c7cc(F)c([C@H]8CCC(=O)NC8=O)c(F)c7)C6)CC5)CC4)cc3OC3CC3)ncc2Br)c(P(C)(C)=O)c1C. The minimum absolute atomic E-state index is 0.0237. The number of carbonyl (C=O) groups excluding carboxylic acids is 3. The molecule has 0 bridgehead atoms. The molecule has 4 saturated heterocycles. The van der Waals surface area contributed by atoms with E-state index >= 15 is 8.78 Å². The van der Waals surface area contributed by atoms with E-state index in [0.29, 0.717) is 66.3 Å². The highest BCUT2D eigenvalue weighted by molar-refractivity contribution is 9.10. The maximum absolute atomic E-state index is 15.4. The molecule has 2 aromatic heterocycles. The molecule has 1 aliphatic carbocycles. The average Bonchev–Trinajstić information content (AvgIpc) is 3.83. The molecule has 3 N–H and O–H groups in total. The fourth-order valence-corrected chi connectivity index (χ4v) is 12.8. The first kappa shape index (κ1) is 49.7. The summed E-state index contributed by atoms with van der Waals surface area (Å²) in [6.45, 7) is 12.9. The fourth-order valence-electron chi connectivity index (χ4n) is 10.8. The predicted molar refractivity (Wildman–Crippen MR) is 279 cm³/mol. The Morgan fingerprint density at radius 3 is 2.26 bits per heavy atom. The summed E-state index contributed by atoms with van der Waals surface area (Å²) in [4.78, 5) is 56.1. The molecule has 16 nitrogen and oxygen atoms in total. The molecule has 10 rings (SSSR count). The molecule has 72 heavy (non-hydrogen) atoms. The first-order chi connectivity index (χ1) is 34.5. The van der Waals surface area contributed by atoms with Crippen LogP contribution < -0.4 is 35.8 Å². The van der Waals surface area contributed by atoms with E-state index in [1.54, 1.807) is 24.2 Å². The third kappa shape index (κ3) is 10.5. The van der Waals surface area contributed by atoms with E-state index in [1.807, 2.05) is 55.2 Å². The molecule has 0 unspecified atom stereocenters. The molecule has 0 spiro atoms. The van der Waals surface area contributed by atoms with Gasteiger partial charge in [0.15, 0.2) is 0 Å². The summed E-state index contributed by atoms with van der Waals surface area (Å²) in [7, 11) is -0.738. The highest BCUT2D eigenvalue weighted by atomic mass is 79.9. The lowest BCUT2D eigenvalue weighted by atomic mass is 9.89. The molecule has 1 saturated carbocycles. The number of aromatic nitrogens is 4. The highest BCUT2D eigenvalue weighted by Gasteiger charge is 2.38. The van der Waals surface area contributed by atoms with Gasteiger partial charge in [0.05, 0.1) is 40.0 Å². The molecule has 5 aromatic rings. The van der Waals surface area contributed by atoms with E-state index in [9.17, 15) is 18.9 Å². The number of nitrogens with one attached hydrogen (secondary N) is 3. The second-order valence-corrected chi connectivity index (χ2v) is 24.3. The van der Waals surface area contributed by atoms with Crippen LogP contribution in [-0.2, 0) is 26.0 Å². The van der Waals surface area contributed by atoms with E-state index in [0.717, 1.165) is 96.5 Å². The number of amides is 3. The van der Waals surface area contributed by atoms with Crippen molar-refractivity contribution in [3.63, 3.8) is 0 Å². The largest absolute Gasteiger partial charge is 0.488 e. The van der Waals surface area contributed by atoms with Gasteiger partial charge in [0, 0.05) is 124 Å². The van der Waals surface area contributed by atoms with Crippen LogP contribution in [0.5, 0.6) is 5.75 Å². The van der Waals surface area contributed by atoms with Gasteiger partial charge in [-0.15, -0.1) is 0 Å². The minimum Gasteiger partial charge on any atom is -0.488 e. The van der Waals surface area contributed by atoms with Crippen LogP contribution in [-0.4, -0.2) is 125 Å². The number of hydrogen-bond donors (Lipinski definition) is 3. The van der Waals surface area contributed by atoms with Gasteiger partial charge in [-0.25, -0.2) is 13.8 Å². The van der Waals surface area contributed by atoms with Gasteiger partial charge in [-0.05, 0) is 117 Å². The monoisotopic (exact) mass is 1070 g/mol. The molecule has 3 amide bonds. The summed E-state index contributed by atoms with van der Waals surface area (Å²) in [6.07, 6.45) is 10.2. The fraction of sp³-hybridized carbons (Fsp3) is 0.462. The van der Waals surface area contributed by atoms with Crippen LogP contribution >= 0.6 is 23.1 Å². The van der Waals surface area contributed by atoms with E-state index in [4.69, 9.17) is 9.72 Å². The maximum Gasteiger partial charge on any atom is 0.234 e. The lowest BCUT2D eigenvalue weighted by Crippen LogP contribution is -2.55. The average molecular weight is 1070 g/mol. The van der Waals surface area contributed by atoms with Gasteiger partial charge in [-0.1, -0.05) is 6.07 Å². The Hall–Kier alpha value is -5.91. The van der Waals surface area contributed by atoms with Crippen LogP contribution in [0, 0.1) is 31.4 Å². The summed E-state index contributed by atoms with van der Waals surface area (Å²) in [5, 5.41) is 14.4. The summed E-state index contributed by atoms with van der Waals surface area (Å²) >= 11 is 3.63. The first-order valence-corrected chi connectivity index (χ1v) is 28.3. The van der Waals surface area contributed by atoms with Crippen molar-refractivity contribution in [3.05, 3.63) is 87.8 Å². The number of benzene rings is 3. The van der Waals surface area contributed by atoms with E-state index in [-0.39, 0.29) is 36.3 Å². The number of ether oxygens (including phenoxy) is 1. The molecule has 20 heteroatoms. The molecule has 5 aliphatic rings. The van der Waals surface area contributed by atoms with Crippen LogP contribution in [0.25, 0.3) is 11.1 Å². The number of rotatable bonds is 13. The third-order valence-electron chi connectivity index (χ3n) is 14.9. The quantitative estimate of drug-likeness (QED) is 0.0768. The van der Waals surface area contributed by atoms with Crippen LogP contribution in [0.3, 0.4) is 0 Å². The van der Waals surface area contributed by atoms with Gasteiger partial charge in [0.25, 0.3) is 0 Å². The van der Waals surface area contributed by atoms with Crippen molar-refractivity contribution in [1.82, 2.24) is 34.9 Å².